The molecule has 0 aliphatic heterocycles. The SMILES string of the molecule is CCCN(Cc1cc([N+](=O)[O-])ccc1Cl)CC1CC1.O=C(O)C(=O)O. The van der Waals surface area contributed by atoms with Crippen molar-refractivity contribution in [1.82, 2.24) is 4.90 Å². The van der Waals surface area contributed by atoms with Crippen LogP contribution in [0.4, 0.5) is 5.69 Å². The molecule has 0 saturated heterocycles. The number of nitrogens with zero attached hydrogens (tertiary/aromatic N) is 2. The highest BCUT2D eigenvalue weighted by Crippen LogP contribution is 2.31. The minimum absolute atomic E-state index is 0.113. The zero-order valence-corrected chi connectivity index (χ0v) is 14.6. The maximum absolute atomic E-state index is 10.8. The van der Waals surface area contributed by atoms with Crippen LogP contribution in [0.1, 0.15) is 31.7 Å². The first-order valence-electron chi connectivity index (χ1n) is 7.86. The summed E-state index contributed by atoms with van der Waals surface area (Å²) in [6.45, 7) is 4.93. The molecule has 0 heterocycles. The third-order valence-corrected chi connectivity index (χ3v) is 3.94. The maximum atomic E-state index is 10.8. The molecule has 0 spiro atoms. The van der Waals surface area contributed by atoms with E-state index in [2.05, 4.69) is 11.8 Å². The minimum Gasteiger partial charge on any atom is -0.473 e. The second-order valence-electron chi connectivity index (χ2n) is 5.82. The molecule has 9 heteroatoms. The van der Waals surface area contributed by atoms with Gasteiger partial charge in [0.2, 0.25) is 0 Å². The van der Waals surface area contributed by atoms with E-state index in [1.165, 1.54) is 18.9 Å². The van der Waals surface area contributed by atoms with Gasteiger partial charge in [-0.3, -0.25) is 15.0 Å². The molecule has 0 amide bonds. The van der Waals surface area contributed by atoms with Crippen LogP contribution in [-0.4, -0.2) is 45.1 Å². The smallest absolute Gasteiger partial charge is 0.414 e. The molecule has 0 radical (unpaired) electrons. The van der Waals surface area contributed by atoms with Gasteiger partial charge in [0.15, 0.2) is 0 Å². The van der Waals surface area contributed by atoms with Crippen molar-refractivity contribution >= 4 is 29.2 Å². The van der Waals surface area contributed by atoms with Gasteiger partial charge >= 0.3 is 11.9 Å². The highest BCUT2D eigenvalue weighted by molar-refractivity contribution is 6.31. The van der Waals surface area contributed by atoms with E-state index >= 15 is 0 Å². The summed E-state index contributed by atoms with van der Waals surface area (Å²) in [5.41, 5.74) is 0.965. The lowest BCUT2D eigenvalue weighted by atomic mass is 10.1. The molecule has 2 N–H and O–H groups in total. The van der Waals surface area contributed by atoms with Crippen molar-refractivity contribution in [2.45, 2.75) is 32.7 Å². The molecule has 2 rings (SSSR count). The van der Waals surface area contributed by atoms with Crippen LogP contribution >= 0.6 is 11.6 Å². The molecule has 1 fully saturated rings. The van der Waals surface area contributed by atoms with Gasteiger partial charge in [0.25, 0.3) is 5.69 Å². The summed E-state index contributed by atoms with van der Waals surface area (Å²) in [5, 5.41) is 26.2. The van der Waals surface area contributed by atoms with Gasteiger partial charge in [-0.15, -0.1) is 0 Å². The number of carboxylic acids is 2. The van der Waals surface area contributed by atoms with Gasteiger partial charge < -0.3 is 10.2 Å². The van der Waals surface area contributed by atoms with E-state index in [1.54, 1.807) is 12.1 Å². The minimum atomic E-state index is -1.82. The Hall–Kier alpha value is -2.19. The van der Waals surface area contributed by atoms with Crippen molar-refractivity contribution in [3.8, 4) is 0 Å². The normalized spacial score (nSPS) is 13.1. The molecular formula is C16H21ClN2O6. The monoisotopic (exact) mass is 372 g/mol. The van der Waals surface area contributed by atoms with Crippen LogP contribution in [0, 0.1) is 16.0 Å². The van der Waals surface area contributed by atoms with Crippen molar-refractivity contribution in [2.75, 3.05) is 13.1 Å². The molecule has 0 atom stereocenters. The Labute approximate surface area is 150 Å². The van der Waals surface area contributed by atoms with Crippen LogP contribution in [0.25, 0.3) is 0 Å². The second kappa shape index (κ2) is 9.95. The average molecular weight is 373 g/mol. The Balaban J connectivity index is 0.000000450. The number of rotatable bonds is 7. The fourth-order valence-electron chi connectivity index (χ4n) is 2.25. The van der Waals surface area contributed by atoms with E-state index in [9.17, 15) is 10.1 Å². The van der Waals surface area contributed by atoms with Gasteiger partial charge in [-0.1, -0.05) is 18.5 Å². The summed E-state index contributed by atoms with van der Waals surface area (Å²) in [5.74, 6) is -2.84. The summed E-state index contributed by atoms with van der Waals surface area (Å²) >= 11 is 6.15. The molecule has 8 nitrogen and oxygen atoms in total. The number of benzene rings is 1. The van der Waals surface area contributed by atoms with Crippen molar-refractivity contribution in [1.29, 1.82) is 0 Å². The number of non-ortho nitro benzene ring substituents is 1. The lowest BCUT2D eigenvalue weighted by molar-refractivity contribution is -0.384. The first-order valence-corrected chi connectivity index (χ1v) is 8.23. The summed E-state index contributed by atoms with van der Waals surface area (Å²) in [6, 6.07) is 4.67. The Morgan fingerprint density at radius 3 is 2.36 bits per heavy atom. The topological polar surface area (TPSA) is 121 Å². The van der Waals surface area contributed by atoms with Gasteiger partial charge in [0, 0.05) is 30.2 Å². The van der Waals surface area contributed by atoms with E-state index in [-0.39, 0.29) is 10.6 Å². The van der Waals surface area contributed by atoms with Crippen LogP contribution in [0.2, 0.25) is 5.02 Å². The Kier molecular flexibility index (Phi) is 8.30. The number of aliphatic carboxylic acids is 2. The van der Waals surface area contributed by atoms with Crippen LogP contribution in [0.3, 0.4) is 0 Å². The Morgan fingerprint density at radius 2 is 1.92 bits per heavy atom. The predicted octanol–water partition coefficient (Wildman–Crippen LogP) is 3.03. The summed E-state index contributed by atoms with van der Waals surface area (Å²) in [7, 11) is 0. The molecule has 1 aliphatic rings. The summed E-state index contributed by atoms with van der Waals surface area (Å²) in [6.07, 6.45) is 3.70. The Morgan fingerprint density at radius 1 is 1.32 bits per heavy atom. The van der Waals surface area contributed by atoms with E-state index in [1.807, 2.05) is 0 Å². The summed E-state index contributed by atoms with van der Waals surface area (Å²) < 4.78 is 0. The zero-order chi connectivity index (χ0) is 19.0. The van der Waals surface area contributed by atoms with Crippen molar-refractivity contribution in [2.24, 2.45) is 5.92 Å². The quantitative estimate of drug-likeness (QED) is 0.428. The number of nitro benzene ring substituents is 1. The van der Waals surface area contributed by atoms with Crippen molar-refractivity contribution < 1.29 is 24.7 Å². The van der Waals surface area contributed by atoms with Gasteiger partial charge in [0.05, 0.1) is 4.92 Å². The fraction of sp³-hybridized carbons (Fsp3) is 0.500. The highest BCUT2D eigenvalue weighted by Gasteiger charge is 2.24. The van der Waals surface area contributed by atoms with Crippen molar-refractivity contribution in [3.63, 3.8) is 0 Å². The van der Waals surface area contributed by atoms with E-state index in [0.717, 1.165) is 31.0 Å². The number of nitro groups is 1. The van der Waals surface area contributed by atoms with Gasteiger partial charge in [-0.2, -0.15) is 0 Å². The lowest BCUT2D eigenvalue weighted by Crippen LogP contribution is -2.26. The number of carbonyl (C=O) groups is 2. The zero-order valence-electron chi connectivity index (χ0n) is 13.9. The second-order valence-corrected chi connectivity index (χ2v) is 6.23. The average Bonchev–Trinajstić information content (AvgIpc) is 3.34. The van der Waals surface area contributed by atoms with Crippen LogP contribution in [0.5, 0.6) is 0 Å². The molecule has 1 aliphatic carbocycles. The fourth-order valence-corrected chi connectivity index (χ4v) is 2.43. The lowest BCUT2D eigenvalue weighted by Gasteiger charge is -2.22. The standard InChI is InChI=1S/C14H19ClN2O2.C2H2O4/c1-2-7-16(9-11-3-4-11)10-12-8-13(17(18)19)5-6-14(12)15;3-1(4)2(5)6/h5-6,8,11H,2-4,7,9-10H2,1H3;(H,3,4)(H,5,6). The molecule has 0 unspecified atom stereocenters. The molecule has 138 valence electrons. The van der Waals surface area contributed by atoms with Crippen LogP contribution in [-0.2, 0) is 16.1 Å². The molecule has 0 aromatic heterocycles. The maximum Gasteiger partial charge on any atom is 0.414 e. The van der Waals surface area contributed by atoms with Gasteiger partial charge in [-0.05, 0) is 43.4 Å². The van der Waals surface area contributed by atoms with Crippen molar-refractivity contribution in [3.05, 3.63) is 38.9 Å². The van der Waals surface area contributed by atoms with E-state index in [4.69, 9.17) is 31.4 Å². The molecule has 0 bridgehead atoms. The highest BCUT2D eigenvalue weighted by atomic mass is 35.5. The largest absolute Gasteiger partial charge is 0.473 e. The molecule has 1 aromatic rings. The molecular weight excluding hydrogens is 352 g/mol. The third kappa shape index (κ3) is 7.95. The van der Waals surface area contributed by atoms with Crippen LogP contribution in [0.15, 0.2) is 18.2 Å². The number of hydrogen-bond acceptors (Lipinski definition) is 5. The van der Waals surface area contributed by atoms with Gasteiger partial charge in [-0.25, -0.2) is 9.59 Å². The molecule has 1 aromatic carbocycles. The van der Waals surface area contributed by atoms with E-state index < -0.39 is 11.9 Å². The predicted molar refractivity (Wildman–Crippen MR) is 91.7 cm³/mol. The molecule has 25 heavy (non-hydrogen) atoms. The van der Waals surface area contributed by atoms with Crippen LogP contribution < -0.4 is 0 Å². The Bertz CT molecular complexity index is 621. The summed E-state index contributed by atoms with van der Waals surface area (Å²) in [4.78, 5) is 31.0. The number of halogens is 1. The number of hydrogen-bond donors (Lipinski definition) is 2. The van der Waals surface area contributed by atoms with E-state index in [0.29, 0.717) is 11.6 Å². The third-order valence-electron chi connectivity index (χ3n) is 3.57. The van der Waals surface area contributed by atoms with Gasteiger partial charge in [0.1, 0.15) is 0 Å². The molecule has 1 saturated carbocycles. The first kappa shape index (κ1) is 20.9. The number of carboxylic acid groups (broad SMARTS) is 2. The first-order chi connectivity index (χ1) is 11.7.